The molecule has 0 amide bonds. The number of ether oxygens (including phenoxy) is 1. The van der Waals surface area contributed by atoms with Gasteiger partial charge in [-0.25, -0.2) is 13.8 Å². The number of halogens is 4. The van der Waals surface area contributed by atoms with Gasteiger partial charge in [-0.2, -0.15) is 0 Å². The molecule has 2 nitrogen and oxygen atoms in total. The van der Waals surface area contributed by atoms with Crippen LogP contribution in [0.5, 0.6) is 5.75 Å². The summed E-state index contributed by atoms with van der Waals surface area (Å²) in [7, 11) is 1.28. The number of hydrogen-bond donors (Lipinski definition) is 0. The van der Waals surface area contributed by atoms with Crippen LogP contribution in [0.25, 0.3) is 0 Å². The van der Waals surface area contributed by atoms with Gasteiger partial charge >= 0.3 is 0 Å². The van der Waals surface area contributed by atoms with Gasteiger partial charge in [-0.15, -0.1) is 0 Å². The molecule has 0 N–H and O–H groups in total. The summed E-state index contributed by atoms with van der Waals surface area (Å²) in [6, 6.07) is 0. The maximum Gasteiger partial charge on any atom is 0.267 e. The minimum Gasteiger partial charge on any atom is -0.493 e. The molecule has 0 radical (unpaired) electrons. The van der Waals surface area contributed by atoms with Gasteiger partial charge < -0.3 is 4.74 Å². The van der Waals surface area contributed by atoms with Crippen molar-refractivity contribution in [2.75, 3.05) is 7.11 Å². The topological polar surface area (TPSA) is 22.1 Å². The van der Waals surface area contributed by atoms with Gasteiger partial charge in [-0.1, -0.05) is 27.5 Å². The molecule has 6 heteroatoms. The molecule has 14 heavy (non-hydrogen) atoms. The summed E-state index contributed by atoms with van der Waals surface area (Å²) in [5, 5.41) is 0.236. The minimum absolute atomic E-state index is 0.0486. The molecule has 0 aliphatic carbocycles. The summed E-state index contributed by atoms with van der Waals surface area (Å²) >= 11 is 8.71. The lowest BCUT2D eigenvalue weighted by Crippen LogP contribution is -2.00. The van der Waals surface area contributed by atoms with E-state index in [9.17, 15) is 8.78 Å². The van der Waals surface area contributed by atoms with E-state index in [4.69, 9.17) is 16.3 Å². The molecule has 1 aromatic rings. The summed E-state index contributed by atoms with van der Waals surface area (Å²) in [6.45, 7) is 0. The Hall–Kier alpha value is -0.420. The van der Waals surface area contributed by atoms with Crippen LogP contribution in [0, 0.1) is 0 Å². The first kappa shape index (κ1) is 11.7. The highest BCUT2D eigenvalue weighted by molar-refractivity contribution is 9.08. The Morgan fingerprint density at radius 3 is 2.71 bits per heavy atom. The predicted octanol–water partition coefficient (Wildman–Crippen LogP) is 3.58. The molecular weight excluding hydrogens is 279 g/mol. The maximum atomic E-state index is 12.7. The molecule has 0 aromatic carbocycles. The molecule has 0 saturated carbocycles. The molecule has 1 heterocycles. The van der Waals surface area contributed by atoms with Crippen LogP contribution in [0.3, 0.4) is 0 Å². The zero-order chi connectivity index (χ0) is 10.7. The number of hydrogen-bond acceptors (Lipinski definition) is 2. The molecule has 1 rings (SSSR count). The summed E-state index contributed by atoms with van der Waals surface area (Å²) < 4.78 is 30.1. The molecule has 0 bridgehead atoms. The van der Waals surface area contributed by atoms with Crippen molar-refractivity contribution < 1.29 is 13.5 Å². The van der Waals surface area contributed by atoms with Gasteiger partial charge in [0.1, 0.15) is 0 Å². The highest BCUT2D eigenvalue weighted by atomic mass is 79.9. The van der Waals surface area contributed by atoms with Gasteiger partial charge in [0.25, 0.3) is 6.43 Å². The zero-order valence-corrected chi connectivity index (χ0v) is 9.57. The van der Waals surface area contributed by atoms with Crippen molar-refractivity contribution in [3.8, 4) is 5.75 Å². The van der Waals surface area contributed by atoms with Crippen molar-refractivity contribution in [1.82, 2.24) is 4.98 Å². The van der Waals surface area contributed by atoms with Crippen LogP contribution < -0.4 is 4.74 Å². The van der Waals surface area contributed by atoms with E-state index in [0.29, 0.717) is 5.56 Å². The summed E-state index contributed by atoms with van der Waals surface area (Å²) in [4.78, 5) is 3.74. The number of nitrogens with zero attached hydrogens (tertiary/aromatic N) is 1. The smallest absolute Gasteiger partial charge is 0.267 e. The normalized spacial score (nSPS) is 10.7. The van der Waals surface area contributed by atoms with Crippen LogP contribution in [0.2, 0.25) is 5.15 Å². The van der Waals surface area contributed by atoms with Crippen molar-refractivity contribution in [2.24, 2.45) is 0 Å². The highest BCUT2D eigenvalue weighted by Gasteiger charge is 2.21. The molecule has 0 unspecified atom stereocenters. The van der Waals surface area contributed by atoms with Gasteiger partial charge in [0.05, 0.1) is 12.7 Å². The first-order valence-corrected chi connectivity index (χ1v) is 5.17. The number of rotatable bonds is 3. The molecule has 78 valence electrons. The van der Waals surface area contributed by atoms with Crippen molar-refractivity contribution in [2.45, 2.75) is 11.8 Å². The van der Waals surface area contributed by atoms with E-state index in [1.807, 2.05) is 0 Å². The fraction of sp³-hybridized carbons (Fsp3) is 0.375. The number of pyridine rings is 1. The Balaban J connectivity index is 3.36. The molecule has 0 spiro atoms. The average molecular weight is 287 g/mol. The summed E-state index contributed by atoms with van der Waals surface area (Å²) in [5.41, 5.74) is 0.172. The number of aromatic nitrogens is 1. The highest BCUT2D eigenvalue weighted by Crippen LogP contribution is 2.36. The van der Waals surface area contributed by atoms with Crippen LogP contribution in [0.1, 0.15) is 17.6 Å². The Labute approximate surface area is 93.4 Å². The van der Waals surface area contributed by atoms with Gasteiger partial charge in [0.2, 0.25) is 0 Å². The lowest BCUT2D eigenvalue weighted by molar-refractivity contribution is 0.146. The van der Waals surface area contributed by atoms with Gasteiger partial charge in [0, 0.05) is 11.5 Å². The van der Waals surface area contributed by atoms with E-state index in [0.717, 1.165) is 0 Å². The third-order valence-electron chi connectivity index (χ3n) is 1.68. The van der Waals surface area contributed by atoms with E-state index in [1.54, 1.807) is 0 Å². The second-order valence-corrected chi connectivity index (χ2v) is 3.37. The Morgan fingerprint density at radius 1 is 1.64 bits per heavy atom. The molecule has 0 aliphatic rings. The third-order valence-corrected chi connectivity index (χ3v) is 2.55. The van der Waals surface area contributed by atoms with E-state index < -0.39 is 6.43 Å². The van der Waals surface area contributed by atoms with Crippen molar-refractivity contribution in [3.05, 3.63) is 22.5 Å². The molecule has 0 atom stereocenters. The van der Waals surface area contributed by atoms with Crippen molar-refractivity contribution in [1.29, 1.82) is 0 Å². The van der Waals surface area contributed by atoms with E-state index >= 15 is 0 Å². The first-order chi connectivity index (χ1) is 6.61. The quantitative estimate of drug-likeness (QED) is 0.626. The minimum atomic E-state index is -2.63. The largest absolute Gasteiger partial charge is 0.493 e. The van der Waals surface area contributed by atoms with Crippen LogP contribution in [0.15, 0.2) is 6.20 Å². The zero-order valence-electron chi connectivity index (χ0n) is 7.23. The third kappa shape index (κ3) is 2.15. The number of alkyl halides is 3. The SMILES string of the molecule is COc1c(Cl)ncc(CBr)c1C(F)F. The lowest BCUT2D eigenvalue weighted by Gasteiger charge is -2.12. The Morgan fingerprint density at radius 2 is 2.29 bits per heavy atom. The van der Waals surface area contributed by atoms with Gasteiger partial charge in [-0.3, -0.25) is 0 Å². The fourth-order valence-electron chi connectivity index (χ4n) is 1.06. The van der Waals surface area contributed by atoms with Gasteiger partial charge in [0.15, 0.2) is 10.9 Å². The van der Waals surface area contributed by atoms with Crippen LogP contribution in [-0.2, 0) is 5.33 Å². The lowest BCUT2D eigenvalue weighted by atomic mass is 10.1. The second-order valence-electron chi connectivity index (χ2n) is 2.46. The summed E-state index contributed by atoms with van der Waals surface area (Å²) in [6.07, 6.45) is -1.32. The second kappa shape index (κ2) is 4.89. The Kier molecular flexibility index (Phi) is 4.07. The van der Waals surface area contributed by atoms with Crippen LogP contribution in [-0.4, -0.2) is 12.1 Å². The van der Waals surface area contributed by atoms with Gasteiger partial charge in [-0.05, 0) is 5.56 Å². The van der Waals surface area contributed by atoms with E-state index in [1.165, 1.54) is 13.3 Å². The monoisotopic (exact) mass is 285 g/mol. The van der Waals surface area contributed by atoms with Crippen LogP contribution >= 0.6 is 27.5 Å². The van der Waals surface area contributed by atoms with Crippen molar-refractivity contribution in [3.63, 3.8) is 0 Å². The predicted molar refractivity (Wildman–Crippen MR) is 53.4 cm³/mol. The Bertz CT molecular complexity index is 335. The summed E-state index contributed by atoms with van der Waals surface area (Å²) in [5.74, 6) is -0.0568. The van der Waals surface area contributed by atoms with Crippen molar-refractivity contribution >= 4 is 27.5 Å². The fourth-order valence-corrected chi connectivity index (χ4v) is 1.73. The standard InChI is InChI=1S/C8H7BrClF2NO/c1-14-6-5(8(11)12)4(2-9)3-13-7(6)10/h3,8H,2H2,1H3. The molecule has 0 fully saturated rings. The number of methoxy groups -OCH3 is 1. The van der Waals surface area contributed by atoms with E-state index in [-0.39, 0.29) is 21.8 Å². The van der Waals surface area contributed by atoms with Crippen LogP contribution in [0.4, 0.5) is 8.78 Å². The molecular formula is C8H7BrClF2NO. The maximum absolute atomic E-state index is 12.7. The van der Waals surface area contributed by atoms with E-state index in [2.05, 4.69) is 20.9 Å². The first-order valence-electron chi connectivity index (χ1n) is 3.67. The molecule has 1 aromatic heterocycles. The molecule has 0 saturated heterocycles. The average Bonchev–Trinajstić information content (AvgIpc) is 2.17. The molecule has 0 aliphatic heterocycles.